The van der Waals surface area contributed by atoms with E-state index >= 15 is 0 Å². The third-order valence-corrected chi connectivity index (χ3v) is 3.43. The van der Waals surface area contributed by atoms with Crippen LogP contribution in [0.2, 0.25) is 0 Å². The van der Waals surface area contributed by atoms with E-state index in [-0.39, 0.29) is 0 Å². The summed E-state index contributed by atoms with van der Waals surface area (Å²) in [5.74, 6) is -0.310. The van der Waals surface area contributed by atoms with Crippen molar-refractivity contribution in [2.24, 2.45) is 11.7 Å². The maximum atomic E-state index is 11.0. The number of carboxylic acid groups (broad SMARTS) is 1. The van der Waals surface area contributed by atoms with Crippen molar-refractivity contribution in [2.75, 3.05) is 0 Å². The Labute approximate surface area is 85.7 Å². The molecule has 0 unspecified atom stereocenters. The monoisotopic (exact) mass is 199 g/mol. The molecule has 3 heteroatoms. The molecule has 0 aromatic rings. The molecule has 3 N–H and O–H groups in total. The van der Waals surface area contributed by atoms with E-state index in [0.717, 1.165) is 12.8 Å². The summed E-state index contributed by atoms with van der Waals surface area (Å²) in [4.78, 5) is 11.0. The van der Waals surface area contributed by atoms with Crippen molar-refractivity contribution in [3.63, 3.8) is 0 Å². The zero-order chi connectivity index (χ0) is 10.6. The first kappa shape index (κ1) is 11.5. The van der Waals surface area contributed by atoms with Crippen LogP contribution in [-0.2, 0) is 4.79 Å². The largest absolute Gasteiger partial charge is 0.480 e. The van der Waals surface area contributed by atoms with Gasteiger partial charge in [-0.1, -0.05) is 39.0 Å². The van der Waals surface area contributed by atoms with E-state index in [2.05, 4.69) is 0 Å². The highest BCUT2D eigenvalue weighted by Gasteiger charge is 2.34. The lowest BCUT2D eigenvalue weighted by Crippen LogP contribution is -2.49. The Morgan fingerprint density at radius 3 is 2.43 bits per heavy atom. The van der Waals surface area contributed by atoms with Crippen LogP contribution in [0.5, 0.6) is 0 Å². The summed E-state index contributed by atoms with van der Waals surface area (Å²) in [5, 5.41) is 9.04. The number of rotatable bonds is 4. The van der Waals surface area contributed by atoms with E-state index in [4.69, 9.17) is 10.8 Å². The first-order valence-electron chi connectivity index (χ1n) is 5.61. The SMILES string of the molecule is CC[C@](N)(CC1CCCCC1)C(=O)O. The number of carboxylic acids is 1. The molecule has 0 aliphatic heterocycles. The summed E-state index contributed by atoms with van der Waals surface area (Å²) >= 11 is 0. The minimum atomic E-state index is -0.984. The number of nitrogens with two attached hydrogens (primary N) is 1. The van der Waals surface area contributed by atoms with Crippen LogP contribution in [0, 0.1) is 5.92 Å². The van der Waals surface area contributed by atoms with Crippen molar-refractivity contribution in [2.45, 2.75) is 57.4 Å². The Hall–Kier alpha value is -0.570. The summed E-state index contributed by atoms with van der Waals surface area (Å²) in [6.07, 6.45) is 7.28. The highest BCUT2D eigenvalue weighted by molar-refractivity contribution is 5.78. The van der Waals surface area contributed by atoms with Crippen molar-refractivity contribution in [1.82, 2.24) is 0 Å². The van der Waals surface area contributed by atoms with Gasteiger partial charge >= 0.3 is 5.97 Å². The quantitative estimate of drug-likeness (QED) is 0.729. The molecule has 0 spiro atoms. The predicted octanol–water partition coefficient (Wildman–Crippen LogP) is 2.15. The Balaban J connectivity index is 2.50. The van der Waals surface area contributed by atoms with Gasteiger partial charge in [0.2, 0.25) is 0 Å². The topological polar surface area (TPSA) is 63.3 Å². The third kappa shape index (κ3) is 2.71. The van der Waals surface area contributed by atoms with Crippen molar-refractivity contribution in [1.29, 1.82) is 0 Å². The van der Waals surface area contributed by atoms with Gasteiger partial charge in [-0.15, -0.1) is 0 Å². The first-order chi connectivity index (χ1) is 6.58. The van der Waals surface area contributed by atoms with Crippen molar-refractivity contribution >= 4 is 5.97 Å². The van der Waals surface area contributed by atoms with Gasteiger partial charge < -0.3 is 10.8 Å². The van der Waals surface area contributed by atoms with Crippen molar-refractivity contribution in [3.05, 3.63) is 0 Å². The van der Waals surface area contributed by atoms with Crippen LogP contribution in [0.15, 0.2) is 0 Å². The maximum Gasteiger partial charge on any atom is 0.323 e. The second-order valence-corrected chi connectivity index (χ2v) is 4.52. The number of hydrogen-bond acceptors (Lipinski definition) is 2. The van der Waals surface area contributed by atoms with Crippen molar-refractivity contribution < 1.29 is 9.90 Å². The Bertz CT molecular complexity index is 199. The second kappa shape index (κ2) is 4.78. The minimum Gasteiger partial charge on any atom is -0.480 e. The van der Waals surface area contributed by atoms with E-state index < -0.39 is 11.5 Å². The van der Waals surface area contributed by atoms with E-state index in [1.54, 1.807) is 0 Å². The minimum absolute atomic E-state index is 0.527. The van der Waals surface area contributed by atoms with Crippen LogP contribution in [-0.4, -0.2) is 16.6 Å². The normalized spacial score (nSPS) is 23.0. The average Bonchev–Trinajstić information content (AvgIpc) is 2.19. The molecule has 3 nitrogen and oxygen atoms in total. The molecule has 0 saturated heterocycles. The molecule has 1 atom stereocenters. The lowest BCUT2D eigenvalue weighted by molar-refractivity contribution is -0.144. The predicted molar refractivity (Wildman–Crippen MR) is 56.0 cm³/mol. The number of carbonyl (C=O) groups is 1. The summed E-state index contributed by atoms with van der Waals surface area (Å²) in [6.45, 7) is 1.86. The van der Waals surface area contributed by atoms with E-state index in [0.29, 0.717) is 18.8 Å². The first-order valence-corrected chi connectivity index (χ1v) is 5.61. The van der Waals surface area contributed by atoms with Crippen LogP contribution in [0.4, 0.5) is 0 Å². The molecule has 1 aliphatic carbocycles. The fraction of sp³-hybridized carbons (Fsp3) is 0.909. The molecular weight excluding hydrogens is 178 g/mol. The fourth-order valence-electron chi connectivity index (χ4n) is 2.29. The smallest absolute Gasteiger partial charge is 0.323 e. The fourth-order valence-corrected chi connectivity index (χ4v) is 2.29. The molecule has 0 heterocycles. The molecule has 0 aromatic heterocycles. The Morgan fingerprint density at radius 2 is 2.00 bits per heavy atom. The van der Waals surface area contributed by atoms with Gasteiger partial charge in [0.05, 0.1) is 0 Å². The maximum absolute atomic E-state index is 11.0. The van der Waals surface area contributed by atoms with Crippen molar-refractivity contribution in [3.8, 4) is 0 Å². The zero-order valence-corrected chi connectivity index (χ0v) is 8.96. The molecule has 14 heavy (non-hydrogen) atoms. The Morgan fingerprint density at radius 1 is 1.43 bits per heavy atom. The molecule has 1 aliphatic rings. The van der Waals surface area contributed by atoms with Gasteiger partial charge in [0.15, 0.2) is 0 Å². The highest BCUT2D eigenvalue weighted by Crippen LogP contribution is 2.31. The van der Waals surface area contributed by atoms with Gasteiger partial charge in [0.1, 0.15) is 5.54 Å². The van der Waals surface area contributed by atoms with Gasteiger partial charge in [0, 0.05) is 0 Å². The number of hydrogen-bond donors (Lipinski definition) is 2. The zero-order valence-electron chi connectivity index (χ0n) is 8.96. The molecule has 0 aromatic carbocycles. The standard InChI is InChI=1S/C11H21NO2/c1-2-11(12,10(13)14)8-9-6-4-3-5-7-9/h9H,2-8,12H2,1H3,(H,13,14)/t11-/m0/s1. The van der Waals surface area contributed by atoms with E-state index in [1.807, 2.05) is 6.92 Å². The third-order valence-electron chi connectivity index (χ3n) is 3.43. The van der Waals surface area contributed by atoms with Gasteiger partial charge in [-0.3, -0.25) is 4.79 Å². The molecule has 1 saturated carbocycles. The van der Waals surface area contributed by atoms with Gasteiger partial charge in [-0.25, -0.2) is 0 Å². The molecule has 0 radical (unpaired) electrons. The second-order valence-electron chi connectivity index (χ2n) is 4.52. The summed E-state index contributed by atoms with van der Waals surface area (Å²) in [7, 11) is 0. The van der Waals surface area contributed by atoms with Gasteiger partial charge in [-0.05, 0) is 18.8 Å². The lowest BCUT2D eigenvalue weighted by atomic mass is 9.78. The average molecular weight is 199 g/mol. The summed E-state index contributed by atoms with van der Waals surface area (Å²) in [6, 6.07) is 0. The number of aliphatic carboxylic acids is 1. The molecule has 1 fully saturated rings. The van der Waals surface area contributed by atoms with Crippen LogP contribution in [0.3, 0.4) is 0 Å². The molecule has 0 bridgehead atoms. The summed E-state index contributed by atoms with van der Waals surface area (Å²) < 4.78 is 0. The van der Waals surface area contributed by atoms with Gasteiger partial charge in [0.25, 0.3) is 0 Å². The Kier molecular flexibility index (Phi) is 3.93. The lowest BCUT2D eigenvalue weighted by Gasteiger charge is -2.30. The van der Waals surface area contributed by atoms with Crippen LogP contribution in [0.1, 0.15) is 51.9 Å². The molecular formula is C11H21NO2. The van der Waals surface area contributed by atoms with Gasteiger partial charge in [-0.2, -0.15) is 0 Å². The van der Waals surface area contributed by atoms with Crippen LogP contribution < -0.4 is 5.73 Å². The molecule has 0 amide bonds. The highest BCUT2D eigenvalue weighted by atomic mass is 16.4. The van der Waals surface area contributed by atoms with E-state index in [1.165, 1.54) is 19.3 Å². The van der Waals surface area contributed by atoms with E-state index in [9.17, 15) is 4.79 Å². The van der Waals surface area contributed by atoms with Crippen LogP contribution >= 0.6 is 0 Å². The molecule has 82 valence electrons. The summed E-state index contributed by atoms with van der Waals surface area (Å²) in [5.41, 5.74) is 4.89. The van der Waals surface area contributed by atoms with Crippen LogP contribution in [0.25, 0.3) is 0 Å². The molecule has 1 rings (SSSR count).